The third-order valence-electron chi connectivity index (χ3n) is 3.64. The number of pyridine rings is 1. The number of amides is 1. The van der Waals surface area contributed by atoms with Gasteiger partial charge < -0.3 is 10.6 Å². The molecule has 1 aromatic heterocycles. The van der Waals surface area contributed by atoms with E-state index in [1.54, 1.807) is 12.3 Å². The average molecular weight is 281 g/mol. The molecule has 2 N–H and O–H groups in total. The minimum Gasteiger partial charge on any atom is -0.381 e. The van der Waals surface area contributed by atoms with Crippen molar-refractivity contribution in [2.45, 2.75) is 32.4 Å². The van der Waals surface area contributed by atoms with Crippen molar-refractivity contribution in [3.63, 3.8) is 0 Å². The van der Waals surface area contributed by atoms with Crippen molar-refractivity contribution >= 4 is 11.6 Å². The molecule has 1 aliphatic rings. The third-order valence-corrected chi connectivity index (χ3v) is 3.64. The molecule has 1 amide bonds. The van der Waals surface area contributed by atoms with E-state index in [0.717, 1.165) is 11.3 Å². The van der Waals surface area contributed by atoms with Crippen LogP contribution in [0.2, 0.25) is 0 Å². The van der Waals surface area contributed by atoms with Gasteiger partial charge in [-0.05, 0) is 43.0 Å². The highest BCUT2D eigenvalue weighted by atomic mass is 16.1. The number of nitrogens with one attached hydrogen (secondary N) is 2. The summed E-state index contributed by atoms with van der Waals surface area (Å²) in [4.78, 5) is 16.3. The van der Waals surface area contributed by atoms with Crippen LogP contribution in [0.5, 0.6) is 0 Å². The lowest BCUT2D eigenvalue weighted by Crippen LogP contribution is -2.24. The smallest absolute Gasteiger partial charge is 0.270 e. The molecule has 1 fully saturated rings. The largest absolute Gasteiger partial charge is 0.381 e. The Bertz CT molecular complexity index is 633. The van der Waals surface area contributed by atoms with Crippen LogP contribution in [0.3, 0.4) is 0 Å². The van der Waals surface area contributed by atoms with E-state index in [0.29, 0.717) is 18.3 Å². The molecule has 3 rings (SSSR count). The molecule has 1 heterocycles. The number of carbonyl (C=O) groups excluding carboxylic acids is 1. The molecule has 108 valence electrons. The number of carbonyl (C=O) groups is 1. The predicted molar refractivity (Wildman–Crippen MR) is 83.2 cm³/mol. The summed E-state index contributed by atoms with van der Waals surface area (Å²) < 4.78 is 0. The van der Waals surface area contributed by atoms with Gasteiger partial charge in [-0.2, -0.15) is 0 Å². The molecule has 0 radical (unpaired) electrons. The van der Waals surface area contributed by atoms with E-state index in [1.807, 2.05) is 37.3 Å². The number of hydrogen-bond acceptors (Lipinski definition) is 3. The van der Waals surface area contributed by atoms with E-state index >= 15 is 0 Å². The second-order valence-corrected chi connectivity index (χ2v) is 5.46. The van der Waals surface area contributed by atoms with E-state index in [1.165, 1.54) is 18.4 Å². The van der Waals surface area contributed by atoms with Gasteiger partial charge in [0.15, 0.2) is 0 Å². The molecule has 4 heteroatoms. The molecule has 1 aromatic carbocycles. The van der Waals surface area contributed by atoms with Gasteiger partial charge in [0.25, 0.3) is 5.91 Å². The molecule has 1 saturated carbocycles. The first-order valence-electron chi connectivity index (χ1n) is 7.27. The van der Waals surface area contributed by atoms with E-state index in [2.05, 4.69) is 15.6 Å². The number of aryl methyl sites for hydroxylation is 1. The van der Waals surface area contributed by atoms with E-state index in [4.69, 9.17) is 0 Å². The molecule has 0 unspecified atom stereocenters. The molecule has 0 spiro atoms. The number of hydrogen-bond donors (Lipinski definition) is 2. The van der Waals surface area contributed by atoms with Gasteiger partial charge in [0.2, 0.25) is 0 Å². The van der Waals surface area contributed by atoms with Crippen molar-refractivity contribution in [1.82, 2.24) is 10.3 Å². The van der Waals surface area contributed by atoms with Crippen molar-refractivity contribution < 1.29 is 4.79 Å². The standard InChI is InChI=1S/C17H19N3O/c1-12-4-2-3-5-13(12)10-19-17(21)16-9-8-15(11-18-16)20-14-6-7-14/h2-5,8-9,11,14,20H,6-7,10H2,1H3,(H,19,21). The number of rotatable bonds is 5. The molecule has 0 atom stereocenters. The van der Waals surface area contributed by atoms with Crippen LogP contribution < -0.4 is 10.6 Å². The first kappa shape index (κ1) is 13.6. The summed E-state index contributed by atoms with van der Waals surface area (Å²) >= 11 is 0. The van der Waals surface area contributed by atoms with Crippen LogP contribution in [0.15, 0.2) is 42.6 Å². The molecule has 1 aliphatic carbocycles. The Kier molecular flexibility index (Phi) is 3.86. The highest BCUT2D eigenvalue weighted by molar-refractivity contribution is 5.92. The Labute approximate surface area is 124 Å². The van der Waals surface area contributed by atoms with Gasteiger partial charge in [0.05, 0.1) is 11.9 Å². The van der Waals surface area contributed by atoms with Gasteiger partial charge >= 0.3 is 0 Å². The van der Waals surface area contributed by atoms with Crippen LogP contribution in [0.4, 0.5) is 5.69 Å². The summed E-state index contributed by atoms with van der Waals surface area (Å²) in [6, 6.07) is 12.3. The van der Waals surface area contributed by atoms with Crippen LogP contribution in [0, 0.1) is 6.92 Å². The zero-order valence-corrected chi connectivity index (χ0v) is 12.1. The van der Waals surface area contributed by atoms with Gasteiger partial charge in [-0.15, -0.1) is 0 Å². The van der Waals surface area contributed by atoms with Crippen LogP contribution in [-0.4, -0.2) is 16.9 Å². The highest BCUT2D eigenvalue weighted by Gasteiger charge is 2.20. The molecule has 21 heavy (non-hydrogen) atoms. The zero-order chi connectivity index (χ0) is 14.7. The summed E-state index contributed by atoms with van der Waals surface area (Å²) in [5, 5.41) is 6.26. The van der Waals surface area contributed by atoms with Gasteiger partial charge in [0.1, 0.15) is 5.69 Å². The first-order valence-corrected chi connectivity index (χ1v) is 7.27. The van der Waals surface area contributed by atoms with Crippen molar-refractivity contribution in [1.29, 1.82) is 0 Å². The maximum Gasteiger partial charge on any atom is 0.270 e. The van der Waals surface area contributed by atoms with Crippen molar-refractivity contribution in [2.75, 3.05) is 5.32 Å². The lowest BCUT2D eigenvalue weighted by molar-refractivity contribution is 0.0946. The average Bonchev–Trinajstić information content (AvgIpc) is 3.31. The summed E-state index contributed by atoms with van der Waals surface area (Å²) in [7, 11) is 0. The number of benzene rings is 1. The van der Waals surface area contributed by atoms with Gasteiger partial charge in [-0.3, -0.25) is 4.79 Å². The normalized spacial score (nSPS) is 13.8. The fourth-order valence-corrected chi connectivity index (χ4v) is 2.15. The Morgan fingerprint density at radius 3 is 2.71 bits per heavy atom. The van der Waals surface area contributed by atoms with Crippen molar-refractivity contribution in [3.8, 4) is 0 Å². The van der Waals surface area contributed by atoms with Crippen LogP contribution in [0.25, 0.3) is 0 Å². The van der Waals surface area contributed by atoms with E-state index in [-0.39, 0.29) is 5.91 Å². The first-order chi connectivity index (χ1) is 10.2. The molecular formula is C17H19N3O. The lowest BCUT2D eigenvalue weighted by atomic mass is 10.1. The number of anilines is 1. The summed E-state index contributed by atoms with van der Waals surface area (Å²) in [5.41, 5.74) is 3.73. The van der Waals surface area contributed by atoms with Crippen LogP contribution in [0.1, 0.15) is 34.5 Å². The Hall–Kier alpha value is -2.36. The zero-order valence-electron chi connectivity index (χ0n) is 12.1. The summed E-state index contributed by atoms with van der Waals surface area (Å²) in [6.45, 7) is 2.56. The topological polar surface area (TPSA) is 54.0 Å². The number of aromatic nitrogens is 1. The van der Waals surface area contributed by atoms with Gasteiger partial charge in [0, 0.05) is 12.6 Å². The van der Waals surface area contributed by atoms with Crippen molar-refractivity contribution in [3.05, 3.63) is 59.4 Å². The maximum absolute atomic E-state index is 12.1. The van der Waals surface area contributed by atoms with Crippen LogP contribution in [-0.2, 0) is 6.54 Å². The molecule has 0 bridgehead atoms. The highest BCUT2D eigenvalue weighted by Crippen LogP contribution is 2.24. The molecule has 0 saturated heterocycles. The minimum absolute atomic E-state index is 0.142. The lowest BCUT2D eigenvalue weighted by Gasteiger charge is -2.08. The molecule has 2 aromatic rings. The third kappa shape index (κ3) is 3.60. The van der Waals surface area contributed by atoms with E-state index < -0.39 is 0 Å². The van der Waals surface area contributed by atoms with E-state index in [9.17, 15) is 4.79 Å². The second kappa shape index (κ2) is 5.95. The van der Waals surface area contributed by atoms with Gasteiger partial charge in [-0.25, -0.2) is 4.98 Å². The molecular weight excluding hydrogens is 262 g/mol. The predicted octanol–water partition coefficient (Wildman–Crippen LogP) is 2.89. The SMILES string of the molecule is Cc1ccccc1CNC(=O)c1ccc(NC2CC2)cn1. The monoisotopic (exact) mass is 281 g/mol. The molecule has 4 nitrogen and oxygen atoms in total. The quantitative estimate of drug-likeness (QED) is 0.886. The Balaban J connectivity index is 1.58. The Morgan fingerprint density at radius 2 is 2.05 bits per heavy atom. The van der Waals surface area contributed by atoms with Gasteiger partial charge in [-0.1, -0.05) is 24.3 Å². The number of nitrogens with zero attached hydrogens (tertiary/aromatic N) is 1. The minimum atomic E-state index is -0.142. The van der Waals surface area contributed by atoms with Crippen molar-refractivity contribution in [2.24, 2.45) is 0 Å². The summed E-state index contributed by atoms with van der Waals surface area (Å²) in [5.74, 6) is -0.142. The maximum atomic E-state index is 12.1. The fourth-order valence-electron chi connectivity index (χ4n) is 2.15. The Morgan fingerprint density at radius 1 is 1.24 bits per heavy atom. The fraction of sp³-hybridized carbons (Fsp3) is 0.294. The van der Waals surface area contributed by atoms with Crippen LogP contribution >= 0.6 is 0 Å². The summed E-state index contributed by atoms with van der Waals surface area (Å²) in [6.07, 6.45) is 4.17. The molecule has 0 aliphatic heterocycles. The second-order valence-electron chi connectivity index (χ2n) is 5.46.